The van der Waals surface area contributed by atoms with E-state index in [-0.39, 0.29) is 17.3 Å². The molecule has 1 heterocycles. The van der Waals surface area contributed by atoms with Crippen LogP contribution in [0.15, 0.2) is 72.1 Å². The van der Waals surface area contributed by atoms with Crippen molar-refractivity contribution in [1.82, 2.24) is 9.97 Å². The fourth-order valence-corrected chi connectivity index (χ4v) is 3.36. The number of nitro groups is 1. The summed E-state index contributed by atoms with van der Waals surface area (Å²) >= 11 is 1.18. The first-order chi connectivity index (χ1) is 13.0. The third kappa shape index (κ3) is 4.68. The molecule has 0 saturated heterocycles. The van der Waals surface area contributed by atoms with Crippen LogP contribution in [0.1, 0.15) is 16.4 Å². The molecule has 8 heteroatoms. The second kappa shape index (κ2) is 8.41. The second-order valence-electron chi connectivity index (χ2n) is 5.71. The Balaban J connectivity index is 1.91. The number of hydrogen-bond donors (Lipinski definition) is 1. The second-order valence-corrected chi connectivity index (χ2v) is 6.78. The third-order valence-electron chi connectivity index (χ3n) is 3.71. The van der Waals surface area contributed by atoms with E-state index in [1.54, 1.807) is 31.5 Å². The Hall–Kier alpha value is -3.26. The quantitative estimate of drug-likeness (QED) is 0.298. The maximum atomic E-state index is 13.0. The third-order valence-corrected chi connectivity index (χ3v) is 4.86. The molecule has 1 N–H and O–H groups in total. The van der Waals surface area contributed by atoms with Crippen LogP contribution in [0.3, 0.4) is 0 Å². The van der Waals surface area contributed by atoms with E-state index in [9.17, 15) is 14.9 Å². The molecule has 0 aliphatic carbocycles. The fraction of sp³-hybridized carbons (Fsp3) is 0.105. The van der Waals surface area contributed by atoms with Gasteiger partial charge < -0.3 is 5.32 Å². The molecule has 0 bridgehead atoms. The first-order valence-corrected chi connectivity index (χ1v) is 8.97. The highest BCUT2D eigenvalue weighted by Gasteiger charge is 2.25. The van der Waals surface area contributed by atoms with E-state index in [1.165, 1.54) is 23.9 Å². The molecule has 3 rings (SSSR count). The number of nitrogens with zero attached hydrogens (tertiary/aromatic N) is 3. The number of anilines is 1. The van der Waals surface area contributed by atoms with Gasteiger partial charge in [-0.15, -0.1) is 0 Å². The van der Waals surface area contributed by atoms with E-state index in [0.717, 1.165) is 11.1 Å². The molecule has 0 spiro atoms. The van der Waals surface area contributed by atoms with Gasteiger partial charge in [-0.05, 0) is 30.2 Å². The standard InChI is InChI=1S/C19H16N4O3S/c1-13-8-9-15(16(12-13)23(25)26)22-18(24)17(14-6-3-2-4-7-14)27-19-20-10-5-11-21-19/h2-12,17H,1H3,(H,22,24)/t17-/m0/s1. The topological polar surface area (TPSA) is 98.0 Å². The van der Waals surface area contributed by atoms with E-state index >= 15 is 0 Å². The molecule has 0 radical (unpaired) electrons. The van der Waals surface area contributed by atoms with Crippen molar-refractivity contribution in [3.05, 3.63) is 88.2 Å². The van der Waals surface area contributed by atoms with E-state index < -0.39 is 10.2 Å². The first-order valence-electron chi connectivity index (χ1n) is 8.09. The van der Waals surface area contributed by atoms with Gasteiger partial charge in [0.25, 0.3) is 5.69 Å². The Morgan fingerprint density at radius 1 is 1.11 bits per heavy atom. The van der Waals surface area contributed by atoms with Crippen LogP contribution in [0.2, 0.25) is 0 Å². The highest BCUT2D eigenvalue weighted by molar-refractivity contribution is 8.00. The van der Waals surface area contributed by atoms with Crippen LogP contribution >= 0.6 is 11.8 Å². The van der Waals surface area contributed by atoms with Crippen molar-refractivity contribution in [1.29, 1.82) is 0 Å². The summed E-state index contributed by atoms with van der Waals surface area (Å²) in [6, 6.07) is 15.5. The minimum absolute atomic E-state index is 0.142. The minimum atomic E-state index is -0.658. The molecule has 3 aromatic rings. The number of hydrogen-bond acceptors (Lipinski definition) is 6. The van der Waals surface area contributed by atoms with E-state index in [4.69, 9.17) is 0 Å². The number of carbonyl (C=O) groups excluding carboxylic acids is 1. The molecule has 0 saturated carbocycles. The van der Waals surface area contributed by atoms with Gasteiger partial charge in [0.05, 0.1) is 4.92 Å². The van der Waals surface area contributed by atoms with E-state index in [2.05, 4.69) is 15.3 Å². The lowest BCUT2D eigenvalue weighted by molar-refractivity contribution is -0.384. The highest BCUT2D eigenvalue weighted by atomic mass is 32.2. The molecule has 0 fully saturated rings. The Morgan fingerprint density at radius 2 is 1.81 bits per heavy atom. The molecule has 0 unspecified atom stereocenters. The summed E-state index contributed by atoms with van der Waals surface area (Å²) in [5.41, 5.74) is 1.51. The molecule has 136 valence electrons. The SMILES string of the molecule is Cc1ccc(NC(=O)[C@@H](Sc2ncccn2)c2ccccc2)c([N+](=O)[O-])c1. The monoisotopic (exact) mass is 380 g/mol. The number of aryl methyl sites for hydroxylation is 1. The zero-order valence-electron chi connectivity index (χ0n) is 14.4. The summed E-state index contributed by atoms with van der Waals surface area (Å²) in [4.78, 5) is 32.1. The molecule has 0 aliphatic heterocycles. The van der Waals surface area contributed by atoms with Crippen LogP contribution in [-0.4, -0.2) is 20.8 Å². The Morgan fingerprint density at radius 3 is 2.48 bits per heavy atom. The van der Waals surface area contributed by atoms with Crippen LogP contribution in [-0.2, 0) is 4.79 Å². The number of carbonyl (C=O) groups is 1. The first kappa shape index (κ1) is 18.5. The predicted molar refractivity (Wildman–Crippen MR) is 104 cm³/mol. The lowest BCUT2D eigenvalue weighted by Crippen LogP contribution is -2.20. The average molecular weight is 380 g/mol. The smallest absolute Gasteiger partial charge is 0.293 e. The maximum absolute atomic E-state index is 13.0. The van der Waals surface area contributed by atoms with Crippen molar-refractivity contribution in [2.24, 2.45) is 0 Å². The number of rotatable bonds is 6. The lowest BCUT2D eigenvalue weighted by Gasteiger charge is -2.16. The van der Waals surface area contributed by atoms with Crippen molar-refractivity contribution in [3.63, 3.8) is 0 Å². The van der Waals surface area contributed by atoms with Gasteiger partial charge in [-0.3, -0.25) is 14.9 Å². The van der Waals surface area contributed by atoms with Crippen molar-refractivity contribution in [2.75, 3.05) is 5.32 Å². The Labute approximate surface area is 160 Å². The van der Waals surface area contributed by atoms with Crippen molar-refractivity contribution < 1.29 is 9.72 Å². The molecule has 7 nitrogen and oxygen atoms in total. The molecule has 2 aromatic carbocycles. The van der Waals surface area contributed by atoms with Crippen molar-refractivity contribution >= 4 is 29.0 Å². The number of thioether (sulfide) groups is 1. The summed E-state index contributed by atoms with van der Waals surface area (Å²) in [6.07, 6.45) is 3.19. The van der Waals surface area contributed by atoms with Gasteiger partial charge in [-0.25, -0.2) is 9.97 Å². The number of benzene rings is 2. The molecule has 0 aliphatic rings. The number of aromatic nitrogens is 2. The van der Waals surface area contributed by atoms with Gasteiger partial charge in [0, 0.05) is 18.5 Å². The summed E-state index contributed by atoms with van der Waals surface area (Å²) in [5.74, 6) is -0.384. The molecule has 1 atom stereocenters. The summed E-state index contributed by atoms with van der Waals surface area (Å²) in [5, 5.41) is 13.8. The van der Waals surface area contributed by atoms with Crippen LogP contribution in [0.4, 0.5) is 11.4 Å². The van der Waals surface area contributed by atoms with Crippen molar-refractivity contribution in [3.8, 4) is 0 Å². The van der Waals surface area contributed by atoms with Gasteiger partial charge >= 0.3 is 0 Å². The molecule has 1 aromatic heterocycles. The van der Waals surface area contributed by atoms with Gasteiger partial charge in [-0.1, -0.05) is 48.2 Å². The molecular weight excluding hydrogens is 364 g/mol. The Bertz CT molecular complexity index is 952. The van der Waals surface area contributed by atoms with Crippen LogP contribution < -0.4 is 5.32 Å². The lowest BCUT2D eigenvalue weighted by atomic mass is 10.1. The summed E-state index contributed by atoms with van der Waals surface area (Å²) in [6.45, 7) is 1.76. The molecular formula is C19H16N4O3S. The maximum Gasteiger partial charge on any atom is 0.293 e. The Kier molecular flexibility index (Phi) is 5.77. The number of nitrogens with one attached hydrogen (secondary N) is 1. The minimum Gasteiger partial charge on any atom is -0.319 e. The van der Waals surface area contributed by atoms with Gasteiger partial charge in [0.2, 0.25) is 5.91 Å². The van der Waals surface area contributed by atoms with E-state index in [1.807, 2.05) is 30.3 Å². The zero-order chi connectivity index (χ0) is 19.2. The van der Waals surface area contributed by atoms with Gasteiger partial charge in [0.1, 0.15) is 10.9 Å². The van der Waals surface area contributed by atoms with Gasteiger partial charge in [-0.2, -0.15) is 0 Å². The van der Waals surface area contributed by atoms with E-state index in [0.29, 0.717) is 5.16 Å². The van der Waals surface area contributed by atoms with Crippen LogP contribution in [0.5, 0.6) is 0 Å². The number of amides is 1. The molecule has 1 amide bonds. The average Bonchev–Trinajstić information content (AvgIpc) is 2.68. The zero-order valence-corrected chi connectivity index (χ0v) is 15.2. The highest BCUT2D eigenvalue weighted by Crippen LogP contribution is 2.35. The summed E-state index contributed by atoms with van der Waals surface area (Å²) in [7, 11) is 0. The van der Waals surface area contributed by atoms with Crippen LogP contribution in [0, 0.1) is 17.0 Å². The summed E-state index contributed by atoms with van der Waals surface area (Å²) < 4.78 is 0. The van der Waals surface area contributed by atoms with Crippen molar-refractivity contribution in [2.45, 2.75) is 17.3 Å². The largest absolute Gasteiger partial charge is 0.319 e. The predicted octanol–water partition coefficient (Wildman–Crippen LogP) is 4.17. The van der Waals surface area contributed by atoms with Gasteiger partial charge in [0.15, 0.2) is 5.16 Å². The molecule has 27 heavy (non-hydrogen) atoms. The normalized spacial score (nSPS) is 11.6. The van der Waals surface area contributed by atoms with Crippen LogP contribution in [0.25, 0.3) is 0 Å². The fourth-order valence-electron chi connectivity index (χ4n) is 2.45. The number of nitro benzene ring substituents is 1.